The highest BCUT2D eigenvalue weighted by atomic mass is 79.9. The third-order valence-electron chi connectivity index (χ3n) is 3.37. The predicted molar refractivity (Wildman–Crippen MR) is 87.8 cm³/mol. The van der Waals surface area contributed by atoms with Crippen LogP contribution < -0.4 is 5.32 Å². The summed E-state index contributed by atoms with van der Waals surface area (Å²) in [5, 5.41) is 8.18. The number of rotatable bonds is 1. The zero-order valence-electron chi connectivity index (χ0n) is 11.7. The molecule has 0 aliphatic rings. The average Bonchev–Trinajstić information content (AvgIpc) is 2.81. The summed E-state index contributed by atoms with van der Waals surface area (Å²) in [7, 11) is 0. The molecule has 2 aromatic carbocycles. The van der Waals surface area contributed by atoms with E-state index < -0.39 is 0 Å². The number of aryl methyl sites for hydroxylation is 2. The lowest BCUT2D eigenvalue weighted by molar-refractivity contribution is 0.251. The van der Waals surface area contributed by atoms with Crippen molar-refractivity contribution in [1.29, 1.82) is 0 Å². The topological polar surface area (TPSA) is 46.9 Å². The Kier molecular flexibility index (Phi) is 3.51. The van der Waals surface area contributed by atoms with Gasteiger partial charge in [0.15, 0.2) is 0 Å². The fourth-order valence-corrected chi connectivity index (χ4v) is 2.52. The van der Waals surface area contributed by atoms with Gasteiger partial charge in [-0.1, -0.05) is 34.1 Å². The Morgan fingerprint density at radius 3 is 2.71 bits per heavy atom. The average molecular weight is 344 g/mol. The zero-order valence-corrected chi connectivity index (χ0v) is 13.3. The van der Waals surface area contributed by atoms with E-state index in [4.69, 9.17) is 0 Å². The summed E-state index contributed by atoms with van der Waals surface area (Å²) in [6.07, 6.45) is 0. The third-order valence-corrected chi connectivity index (χ3v) is 4.26. The lowest BCUT2D eigenvalue weighted by Gasteiger charge is -2.07. The molecule has 0 bridgehead atoms. The standard InChI is InChI=1S/C16H14BrN3O/c1-10-9-12(7-8-14(10)17)18-16(21)20-15-6-4-3-5-13(15)11(2)19-20/h3-9H,1-2H3,(H,18,21). The van der Waals surface area contributed by atoms with Crippen molar-refractivity contribution in [3.05, 3.63) is 58.2 Å². The molecule has 1 heterocycles. The molecule has 0 spiro atoms. The van der Waals surface area contributed by atoms with Gasteiger partial charge in [-0.2, -0.15) is 9.78 Å². The molecular weight excluding hydrogens is 330 g/mol. The van der Waals surface area contributed by atoms with Gasteiger partial charge in [0.1, 0.15) is 0 Å². The maximum absolute atomic E-state index is 12.4. The second-order valence-electron chi connectivity index (χ2n) is 4.91. The van der Waals surface area contributed by atoms with E-state index in [1.54, 1.807) is 0 Å². The minimum atomic E-state index is -0.263. The van der Waals surface area contributed by atoms with Crippen molar-refractivity contribution >= 4 is 38.6 Å². The number of carbonyl (C=O) groups excluding carboxylic acids is 1. The molecule has 106 valence electrons. The normalized spacial score (nSPS) is 10.8. The number of aromatic nitrogens is 2. The number of para-hydroxylation sites is 1. The van der Waals surface area contributed by atoms with Gasteiger partial charge in [0.05, 0.1) is 11.2 Å². The summed E-state index contributed by atoms with van der Waals surface area (Å²) in [5.41, 5.74) is 3.46. The molecule has 1 N–H and O–H groups in total. The van der Waals surface area contributed by atoms with E-state index in [1.165, 1.54) is 4.68 Å². The quantitative estimate of drug-likeness (QED) is 0.707. The van der Waals surface area contributed by atoms with Crippen LogP contribution >= 0.6 is 15.9 Å². The molecule has 0 fully saturated rings. The highest BCUT2D eigenvalue weighted by molar-refractivity contribution is 9.10. The van der Waals surface area contributed by atoms with Gasteiger partial charge in [-0.05, 0) is 43.7 Å². The number of nitrogens with zero attached hydrogens (tertiary/aromatic N) is 2. The molecule has 0 atom stereocenters. The Morgan fingerprint density at radius 1 is 1.19 bits per heavy atom. The first kappa shape index (κ1) is 13.8. The fraction of sp³-hybridized carbons (Fsp3) is 0.125. The fourth-order valence-electron chi connectivity index (χ4n) is 2.28. The number of amides is 1. The third kappa shape index (κ3) is 2.56. The van der Waals surface area contributed by atoms with Gasteiger partial charge in [0.2, 0.25) is 0 Å². The van der Waals surface area contributed by atoms with Crippen molar-refractivity contribution in [2.75, 3.05) is 5.32 Å². The van der Waals surface area contributed by atoms with Gasteiger partial charge in [-0.25, -0.2) is 4.79 Å². The van der Waals surface area contributed by atoms with Crippen LogP contribution in [0.4, 0.5) is 10.5 Å². The molecule has 21 heavy (non-hydrogen) atoms. The molecule has 0 saturated carbocycles. The molecule has 0 saturated heterocycles. The number of anilines is 1. The molecule has 0 unspecified atom stereocenters. The largest absolute Gasteiger partial charge is 0.347 e. The number of carbonyl (C=O) groups is 1. The van der Waals surface area contributed by atoms with Crippen LogP contribution in [-0.2, 0) is 0 Å². The summed E-state index contributed by atoms with van der Waals surface area (Å²) < 4.78 is 2.42. The Morgan fingerprint density at radius 2 is 1.95 bits per heavy atom. The molecule has 3 aromatic rings. The number of nitrogens with one attached hydrogen (secondary N) is 1. The highest BCUT2D eigenvalue weighted by Crippen LogP contribution is 2.21. The molecule has 3 rings (SSSR count). The summed E-state index contributed by atoms with van der Waals surface area (Å²) in [6.45, 7) is 3.88. The van der Waals surface area contributed by atoms with Gasteiger partial charge in [0.25, 0.3) is 0 Å². The van der Waals surface area contributed by atoms with E-state index in [1.807, 2.05) is 56.3 Å². The van der Waals surface area contributed by atoms with Crippen LogP contribution in [0.15, 0.2) is 46.9 Å². The summed E-state index contributed by atoms with van der Waals surface area (Å²) in [4.78, 5) is 12.4. The van der Waals surface area contributed by atoms with Gasteiger partial charge in [0, 0.05) is 15.5 Å². The van der Waals surface area contributed by atoms with Crippen molar-refractivity contribution in [3.63, 3.8) is 0 Å². The molecule has 4 nitrogen and oxygen atoms in total. The number of hydrogen-bond donors (Lipinski definition) is 1. The molecule has 0 radical (unpaired) electrons. The van der Waals surface area contributed by atoms with Crippen LogP contribution in [0, 0.1) is 13.8 Å². The van der Waals surface area contributed by atoms with Crippen LogP contribution in [0.5, 0.6) is 0 Å². The van der Waals surface area contributed by atoms with Crippen molar-refractivity contribution < 1.29 is 4.79 Å². The second kappa shape index (κ2) is 5.33. The molecule has 5 heteroatoms. The maximum atomic E-state index is 12.4. The first-order valence-electron chi connectivity index (χ1n) is 6.58. The van der Waals surface area contributed by atoms with E-state index in [2.05, 4.69) is 26.3 Å². The van der Waals surface area contributed by atoms with E-state index in [0.29, 0.717) is 0 Å². The van der Waals surface area contributed by atoms with Crippen LogP contribution in [0.3, 0.4) is 0 Å². The Labute approximate surface area is 130 Å². The van der Waals surface area contributed by atoms with Crippen LogP contribution in [0.25, 0.3) is 10.9 Å². The molecule has 1 aromatic heterocycles. The van der Waals surface area contributed by atoms with Gasteiger partial charge in [-0.15, -0.1) is 0 Å². The summed E-state index contributed by atoms with van der Waals surface area (Å²) >= 11 is 3.45. The summed E-state index contributed by atoms with van der Waals surface area (Å²) in [6, 6.07) is 13.1. The summed E-state index contributed by atoms with van der Waals surface area (Å²) in [5.74, 6) is 0. The lowest BCUT2D eigenvalue weighted by atomic mass is 10.2. The Balaban J connectivity index is 1.95. The van der Waals surface area contributed by atoms with Crippen LogP contribution in [-0.4, -0.2) is 15.8 Å². The SMILES string of the molecule is Cc1cc(NC(=O)n2nc(C)c3ccccc32)ccc1Br. The molecular formula is C16H14BrN3O. The minimum Gasteiger partial charge on any atom is -0.306 e. The van der Waals surface area contributed by atoms with Crippen LogP contribution in [0.2, 0.25) is 0 Å². The van der Waals surface area contributed by atoms with E-state index in [9.17, 15) is 4.79 Å². The van der Waals surface area contributed by atoms with Gasteiger partial charge >= 0.3 is 6.03 Å². The van der Waals surface area contributed by atoms with Crippen molar-refractivity contribution in [3.8, 4) is 0 Å². The number of benzene rings is 2. The highest BCUT2D eigenvalue weighted by Gasteiger charge is 2.13. The Bertz CT molecular complexity index is 839. The first-order chi connectivity index (χ1) is 10.1. The van der Waals surface area contributed by atoms with E-state index in [0.717, 1.165) is 32.3 Å². The van der Waals surface area contributed by atoms with E-state index >= 15 is 0 Å². The number of halogens is 1. The Hall–Kier alpha value is -2.14. The van der Waals surface area contributed by atoms with Crippen molar-refractivity contribution in [2.45, 2.75) is 13.8 Å². The predicted octanol–water partition coefficient (Wildman–Crippen LogP) is 4.50. The van der Waals surface area contributed by atoms with Gasteiger partial charge in [-0.3, -0.25) is 0 Å². The minimum absolute atomic E-state index is 0.263. The molecule has 0 aliphatic heterocycles. The smallest absolute Gasteiger partial charge is 0.306 e. The monoisotopic (exact) mass is 343 g/mol. The van der Waals surface area contributed by atoms with Crippen LogP contribution in [0.1, 0.15) is 11.3 Å². The number of fused-ring (bicyclic) bond motifs is 1. The maximum Gasteiger partial charge on any atom is 0.347 e. The second-order valence-corrected chi connectivity index (χ2v) is 5.76. The van der Waals surface area contributed by atoms with Gasteiger partial charge < -0.3 is 5.32 Å². The zero-order chi connectivity index (χ0) is 15.0. The van der Waals surface area contributed by atoms with E-state index in [-0.39, 0.29) is 6.03 Å². The lowest BCUT2D eigenvalue weighted by Crippen LogP contribution is -2.20. The van der Waals surface area contributed by atoms with Crippen molar-refractivity contribution in [1.82, 2.24) is 9.78 Å². The molecule has 0 aliphatic carbocycles. The molecule has 1 amide bonds. The first-order valence-corrected chi connectivity index (χ1v) is 7.37. The van der Waals surface area contributed by atoms with Crippen molar-refractivity contribution in [2.24, 2.45) is 0 Å². The number of hydrogen-bond acceptors (Lipinski definition) is 2.